The summed E-state index contributed by atoms with van der Waals surface area (Å²) in [5, 5.41) is 0. The highest BCUT2D eigenvalue weighted by Crippen LogP contribution is 2.20. The molecule has 1 aromatic rings. The number of anilines is 1. The van der Waals surface area contributed by atoms with Crippen LogP contribution in [-0.4, -0.2) is 49.4 Å². The summed E-state index contributed by atoms with van der Waals surface area (Å²) in [5.74, 6) is 0. The number of piperazine rings is 1. The maximum Gasteiger partial charge on any atom is 0.284 e. The summed E-state index contributed by atoms with van der Waals surface area (Å²) < 4.78 is 5.41. The van der Waals surface area contributed by atoms with E-state index in [1.165, 1.54) is 5.69 Å². The number of nitrogens with two attached hydrogens (primary N) is 1. The number of rotatable bonds is 2. The van der Waals surface area contributed by atoms with Crippen LogP contribution in [0.25, 0.3) is 0 Å². The monoisotopic (exact) mass is 260 g/mol. The van der Waals surface area contributed by atoms with Gasteiger partial charge in [0.25, 0.3) is 6.02 Å². The van der Waals surface area contributed by atoms with Gasteiger partial charge in [-0.25, -0.2) is 4.99 Å². The molecule has 2 unspecified atom stereocenters. The van der Waals surface area contributed by atoms with Gasteiger partial charge in [0.2, 0.25) is 0 Å². The van der Waals surface area contributed by atoms with E-state index in [0.717, 1.165) is 26.2 Å². The van der Waals surface area contributed by atoms with Gasteiger partial charge in [-0.05, 0) is 19.1 Å². The Morgan fingerprint density at radius 1 is 1.16 bits per heavy atom. The SMILES string of the molecule is CC1OC(N)=NC1N1CCN(c2ccccc2)CC1. The van der Waals surface area contributed by atoms with Gasteiger partial charge in [0.1, 0.15) is 12.3 Å². The van der Waals surface area contributed by atoms with Crippen molar-refractivity contribution in [1.82, 2.24) is 4.90 Å². The lowest BCUT2D eigenvalue weighted by molar-refractivity contribution is 0.0976. The van der Waals surface area contributed by atoms with Gasteiger partial charge in [0.15, 0.2) is 0 Å². The molecule has 5 heteroatoms. The van der Waals surface area contributed by atoms with E-state index >= 15 is 0 Å². The van der Waals surface area contributed by atoms with Crippen molar-refractivity contribution in [3.8, 4) is 0 Å². The minimum atomic E-state index is 0.0586. The molecule has 3 rings (SSSR count). The number of aliphatic imine (C=N–C) groups is 1. The van der Waals surface area contributed by atoms with Crippen molar-refractivity contribution >= 4 is 11.7 Å². The fraction of sp³-hybridized carbons (Fsp3) is 0.500. The number of hydrogen-bond donors (Lipinski definition) is 1. The maximum absolute atomic E-state index is 5.63. The smallest absolute Gasteiger partial charge is 0.284 e. The Kier molecular flexibility index (Phi) is 3.29. The first-order valence-corrected chi connectivity index (χ1v) is 6.78. The summed E-state index contributed by atoms with van der Waals surface area (Å²) in [4.78, 5) is 9.13. The highest BCUT2D eigenvalue weighted by Gasteiger charge is 2.33. The van der Waals surface area contributed by atoms with Crippen LogP contribution in [0.5, 0.6) is 0 Å². The predicted octanol–water partition coefficient (Wildman–Crippen LogP) is 0.868. The van der Waals surface area contributed by atoms with Crippen molar-refractivity contribution in [3.05, 3.63) is 30.3 Å². The third kappa shape index (κ3) is 2.51. The molecule has 1 aromatic carbocycles. The first-order chi connectivity index (χ1) is 9.24. The zero-order chi connectivity index (χ0) is 13.2. The van der Waals surface area contributed by atoms with Crippen molar-refractivity contribution in [2.75, 3.05) is 31.1 Å². The van der Waals surface area contributed by atoms with E-state index < -0.39 is 0 Å². The zero-order valence-electron chi connectivity index (χ0n) is 11.2. The van der Waals surface area contributed by atoms with E-state index in [-0.39, 0.29) is 12.3 Å². The Balaban J connectivity index is 1.61. The Morgan fingerprint density at radius 3 is 2.42 bits per heavy atom. The number of nitrogens with zero attached hydrogens (tertiary/aromatic N) is 3. The molecule has 0 saturated carbocycles. The molecule has 2 heterocycles. The van der Waals surface area contributed by atoms with E-state index in [0.29, 0.717) is 6.02 Å². The second-order valence-corrected chi connectivity index (χ2v) is 5.06. The van der Waals surface area contributed by atoms with Gasteiger partial charge in [-0.1, -0.05) is 18.2 Å². The van der Waals surface area contributed by atoms with E-state index in [9.17, 15) is 0 Å². The van der Waals surface area contributed by atoms with Crippen LogP contribution in [0.3, 0.4) is 0 Å². The number of benzene rings is 1. The second kappa shape index (κ2) is 5.09. The molecular formula is C14H20N4O. The van der Waals surface area contributed by atoms with E-state index in [1.807, 2.05) is 6.92 Å². The van der Waals surface area contributed by atoms with Gasteiger partial charge in [-0.15, -0.1) is 0 Å². The van der Waals surface area contributed by atoms with Crippen LogP contribution in [-0.2, 0) is 4.74 Å². The van der Waals surface area contributed by atoms with Crippen molar-refractivity contribution in [2.24, 2.45) is 10.7 Å². The summed E-state index contributed by atoms with van der Waals surface area (Å²) >= 11 is 0. The second-order valence-electron chi connectivity index (χ2n) is 5.06. The van der Waals surface area contributed by atoms with Crippen LogP contribution in [0.1, 0.15) is 6.92 Å². The fourth-order valence-corrected chi connectivity index (χ4v) is 2.78. The summed E-state index contributed by atoms with van der Waals surface area (Å²) in [6.45, 7) is 6.04. The van der Waals surface area contributed by atoms with Crippen LogP contribution in [0.2, 0.25) is 0 Å². The van der Waals surface area contributed by atoms with Crippen molar-refractivity contribution < 1.29 is 4.74 Å². The molecule has 0 aromatic heterocycles. The van der Waals surface area contributed by atoms with E-state index in [4.69, 9.17) is 10.5 Å². The fourth-order valence-electron chi connectivity index (χ4n) is 2.78. The minimum Gasteiger partial charge on any atom is -0.459 e. The molecule has 2 N–H and O–H groups in total. The highest BCUT2D eigenvalue weighted by atomic mass is 16.5. The number of ether oxygens (including phenoxy) is 1. The highest BCUT2D eigenvalue weighted by molar-refractivity contribution is 5.73. The van der Waals surface area contributed by atoms with Crippen LogP contribution in [0, 0.1) is 0 Å². The average Bonchev–Trinajstić information content (AvgIpc) is 2.79. The zero-order valence-corrected chi connectivity index (χ0v) is 11.2. The van der Waals surface area contributed by atoms with Crippen molar-refractivity contribution in [2.45, 2.75) is 19.2 Å². The lowest BCUT2D eigenvalue weighted by Crippen LogP contribution is -2.52. The lowest BCUT2D eigenvalue weighted by atomic mass is 10.2. The van der Waals surface area contributed by atoms with E-state index in [1.54, 1.807) is 0 Å². The Morgan fingerprint density at radius 2 is 1.84 bits per heavy atom. The number of hydrogen-bond acceptors (Lipinski definition) is 5. The molecule has 2 atom stereocenters. The molecule has 0 bridgehead atoms. The quantitative estimate of drug-likeness (QED) is 0.857. The topological polar surface area (TPSA) is 54.1 Å². The summed E-state index contributed by atoms with van der Waals surface area (Å²) in [7, 11) is 0. The van der Waals surface area contributed by atoms with Gasteiger partial charge in [0.05, 0.1) is 0 Å². The maximum atomic E-state index is 5.63. The largest absolute Gasteiger partial charge is 0.459 e. The van der Waals surface area contributed by atoms with Gasteiger partial charge in [-0.2, -0.15) is 0 Å². The molecule has 0 aliphatic carbocycles. The molecule has 0 spiro atoms. The minimum absolute atomic E-state index is 0.0586. The van der Waals surface area contributed by atoms with Crippen LogP contribution in [0.4, 0.5) is 5.69 Å². The molecule has 19 heavy (non-hydrogen) atoms. The van der Waals surface area contributed by atoms with Crippen LogP contribution in [0.15, 0.2) is 35.3 Å². The van der Waals surface area contributed by atoms with Crippen LogP contribution < -0.4 is 10.6 Å². The van der Waals surface area contributed by atoms with Gasteiger partial charge >= 0.3 is 0 Å². The number of amidine groups is 1. The molecule has 1 saturated heterocycles. The predicted molar refractivity (Wildman–Crippen MR) is 76.2 cm³/mol. The first-order valence-electron chi connectivity index (χ1n) is 6.78. The Hall–Kier alpha value is -1.75. The molecule has 5 nitrogen and oxygen atoms in total. The molecule has 2 aliphatic heterocycles. The van der Waals surface area contributed by atoms with Crippen molar-refractivity contribution in [3.63, 3.8) is 0 Å². The average molecular weight is 260 g/mol. The molecular weight excluding hydrogens is 240 g/mol. The summed E-state index contributed by atoms with van der Waals surface area (Å²) in [6, 6.07) is 10.9. The standard InChI is InChI=1S/C14H20N4O/c1-11-13(16-14(15)19-11)18-9-7-17(8-10-18)12-5-3-2-4-6-12/h2-6,11,13H,7-10H2,1H3,(H2,15,16). The van der Waals surface area contributed by atoms with Gasteiger partial charge < -0.3 is 15.4 Å². The van der Waals surface area contributed by atoms with Crippen LogP contribution >= 0.6 is 0 Å². The lowest BCUT2D eigenvalue weighted by Gasteiger charge is -2.38. The summed E-state index contributed by atoms with van der Waals surface area (Å²) in [6.07, 6.45) is 0.140. The molecule has 0 amide bonds. The molecule has 2 aliphatic rings. The molecule has 102 valence electrons. The third-order valence-electron chi connectivity index (χ3n) is 3.80. The first kappa shape index (κ1) is 12.3. The van der Waals surface area contributed by atoms with Gasteiger partial charge in [-0.3, -0.25) is 4.90 Å². The van der Waals surface area contributed by atoms with E-state index in [2.05, 4.69) is 45.1 Å². The number of para-hydroxylation sites is 1. The Labute approximate surface area is 113 Å². The summed E-state index contributed by atoms with van der Waals surface area (Å²) in [5.41, 5.74) is 6.92. The normalized spacial score (nSPS) is 28.1. The molecule has 0 radical (unpaired) electrons. The molecule has 1 fully saturated rings. The van der Waals surface area contributed by atoms with Crippen molar-refractivity contribution in [1.29, 1.82) is 0 Å². The third-order valence-corrected chi connectivity index (χ3v) is 3.80. The Bertz CT molecular complexity index is 454. The van der Waals surface area contributed by atoms with Gasteiger partial charge in [0, 0.05) is 31.9 Å².